The number of hydrogen-bond acceptors (Lipinski definition) is 3. The van der Waals surface area contributed by atoms with Gasteiger partial charge in [0.15, 0.2) is 0 Å². The van der Waals surface area contributed by atoms with Crippen molar-refractivity contribution in [1.82, 2.24) is 4.31 Å². The molecule has 0 aromatic carbocycles. The molecule has 0 saturated carbocycles. The largest absolute Gasteiger partial charge is 0.329 e. The van der Waals surface area contributed by atoms with Crippen LogP contribution in [0.15, 0.2) is 0 Å². The molecule has 2 unspecified atom stereocenters. The van der Waals surface area contributed by atoms with E-state index in [9.17, 15) is 8.42 Å². The summed E-state index contributed by atoms with van der Waals surface area (Å²) in [4.78, 5) is 0. The van der Waals surface area contributed by atoms with E-state index in [-0.39, 0.29) is 29.6 Å². The Balaban J connectivity index is 0.00000289. The first-order valence-corrected chi connectivity index (χ1v) is 7.96. The average molecular weight is 299 g/mol. The van der Waals surface area contributed by atoms with Gasteiger partial charge in [0.2, 0.25) is 10.0 Å². The van der Waals surface area contributed by atoms with Crippen LogP contribution in [0.4, 0.5) is 0 Å². The van der Waals surface area contributed by atoms with Crippen molar-refractivity contribution in [1.29, 1.82) is 0 Å². The van der Waals surface area contributed by atoms with Crippen molar-refractivity contribution in [2.45, 2.75) is 46.6 Å². The zero-order chi connectivity index (χ0) is 13.3. The first-order chi connectivity index (χ1) is 7.65. The van der Waals surface area contributed by atoms with Crippen molar-refractivity contribution in [3.05, 3.63) is 0 Å². The minimum absolute atomic E-state index is 0. The molecule has 6 heteroatoms. The summed E-state index contributed by atoms with van der Waals surface area (Å²) in [5.74, 6) is 0.773. The van der Waals surface area contributed by atoms with Gasteiger partial charge < -0.3 is 5.73 Å². The lowest BCUT2D eigenvalue weighted by Gasteiger charge is -2.38. The zero-order valence-corrected chi connectivity index (χ0v) is 13.5. The second-order valence-electron chi connectivity index (χ2n) is 6.45. The second-order valence-corrected chi connectivity index (χ2v) is 8.37. The van der Waals surface area contributed by atoms with Crippen molar-refractivity contribution in [3.8, 4) is 0 Å². The van der Waals surface area contributed by atoms with Gasteiger partial charge >= 0.3 is 0 Å². The van der Waals surface area contributed by atoms with Gasteiger partial charge in [0.1, 0.15) is 0 Å². The molecule has 4 nitrogen and oxygen atoms in total. The highest BCUT2D eigenvalue weighted by Crippen LogP contribution is 2.27. The van der Waals surface area contributed by atoms with Crippen molar-refractivity contribution < 1.29 is 8.42 Å². The third kappa shape index (κ3) is 5.03. The molecule has 0 radical (unpaired) electrons. The first-order valence-electron chi connectivity index (χ1n) is 6.35. The molecule has 0 bridgehead atoms. The highest BCUT2D eigenvalue weighted by atomic mass is 35.5. The SMILES string of the molecule is CC1CCN(S(=O)(=O)CC(C)(C)C)C(CN)C1.Cl. The summed E-state index contributed by atoms with van der Waals surface area (Å²) in [6.07, 6.45) is 1.83. The Morgan fingerprint density at radius 3 is 2.33 bits per heavy atom. The third-order valence-corrected chi connectivity index (χ3v) is 5.59. The predicted molar refractivity (Wildman–Crippen MR) is 78.4 cm³/mol. The van der Waals surface area contributed by atoms with E-state index in [4.69, 9.17) is 5.73 Å². The summed E-state index contributed by atoms with van der Waals surface area (Å²) in [5.41, 5.74) is 5.50. The van der Waals surface area contributed by atoms with Gasteiger partial charge in [-0.3, -0.25) is 0 Å². The lowest BCUT2D eigenvalue weighted by atomic mass is 9.94. The van der Waals surface area contributed by atoms with Gasteiger partial charge in [0.25, 0.3) is 0 Å². The van der Waals surface area contributed by atoms with Gasteiger partial charge in [0, 0.05) is 19.1 Å². The molecule has 0 aromatic rings. The number of piperidine rings is 1. The van der Waals surface area contributed by atoms with Gasteiger partial charge in [-0.1, -0.05) is 27.7 Å². The number of hydrogen-bond donors (Lipinski definition) is 1. The highest BCUT2D eigenvalue weighted by Gasteiger charge is 2.35. The van der Waals surface area contributed by atoms with Crippen LogP contribution in [0.25, 0.3) is 0 Å². The molecule has 0 amide bonds. The van der Waals surface area contributed by atoms with Crippen LogP contribution in [0.5, 0.6) is 0 Å². The summed E-state index contributed by atoms with van der Waals surface area (Å²) in [7, 11) is -3.17. The minimum Gasteiger partial charge on any atom is -0.329 e. The zero-order valence-electron chi connectivity index (χ0n) is 11.8. The number of rotatable bonds is 3. The molecule has 2 atom stereocenters. The first kappa shape index (κ1) is 18.2. The van der Waals surface area contributed by atoms with Crippen molar-refractivity contribution >= 4 is 22.4 Å². The maximum Gasteiger partial charge on any atom is 0.214 e. The number of sulfonamides is 1. The molecule has 0 aromatic heterocycles. The minimum atomic E-state index is -3.17. The van der Waals surface area contributed by atoms with E-state index in [1.54, 1.807) is 4.31 Å². The van der Waals surface area contributed by atoms with Crippen molar-refractivity contribution in [3.63, 3.8) is 0 Å². The predicted octanol–water partition coefficient (Wildman–Crippen LogP) is 1.84. The maximum atomic E-state index is 12.3. The Hall–Kier alpha value is 0.160. The third-order valence-electron chi connectivity index (χ3n) is 3.17. The van der Waals surface area contributed by atoms with Crippen LogP contribution in [0, 0.1) is 11.3 Å². The quantitative estimate of drug-likeness (QED) is 0.865. The molecule has 1 fully saturated rings. The van der Waals surface area contributed by atoms with E-state index in [1.807, 2.05) is 20.8 Å². The fourth-order valence-electron chi connectivity index (χ4n) is 2.44. The maximum absolute atomic E-state index is 12.3. The summed E-state index contributed by atoms with van der Waals surface area (Å²) in [5, 5.41) is 0. The van der Waals surface area contributed by atoms with Gasteiger partial charge in [0.05, 0.1) is 5.75 Å². The van der Waals surface area contributed by atoms with Crippen molar-refractivity contribution in [2.75, 3.05) is 18.8 Å². The van der Waals surface area contributed by atoms with E-state index < -0.39 is 10.0 Å². The number of nitrogens with zero attached hydrogens (tertiary/aromatic N) is 1. The number of nitrogens with two attached hydrogens (primary N) is 1. The Kier molecular flexibility index (Phi) is 6.61. The van der Waals surface area contributed by atoms with Crippen LogP contribution in [0.2, 0.25) is 0 Å². The normalized spacial score (nSPS) is 26.7. The van der Waals surface area contributed by atoms with Crippen molar-refractivity contribution in [2.24, 2.45) is 17.1 Å². The molecule has 1 rings (SSSR count). The van der Waals surface area contributed by atoms with E-state index in [1.165, 1.54) is 0 Å². The fourth-order valence-corrected chi connectivity index (χ4v) is 4.71. The van der Waals surface area contributed by atoms with Gasteiger partial charge in [-0.2, -0.15) is 4.31 Å². The molecule has 18 heavy (non-hydrogen) atoms. The lowest BCUT2D eigenvalue weighted by molar-refractivity contribution is 0.209. The van der Waals surface area contributed by atoms with E-state index in [0.29, 0.717) is 19.0 Å². The topological polar surface area (TPSA) is 63.4 Å². The van der Waals surface area contributed by atoms with Gasteiger partial charge in [-0.15, -0.1) is 12.4 Å². The van der Waals surface area contributed by atoms with Crippen LogP contribution in [-0.2, 0) is 10.0 Å². The molecule has 1 aliphatic heterocycles. The summed E-state index contributed by atoms with van der Waals surface area (Å²) < 4.78 is 26.3. The molecule has 110 valence electrons. The Morgan fingerprint density at radius 1 is 1.33 bits per heavy atom. The number of halogens is 1. The molecule has 2 N–H and O–H groups in total. The molecule has 1 saturated heterocycles. The van der Waals surface area contributed by atoms with Crippen LogP contribution in [-0.4, -0.2) is 37.6 Å². The van der Waals surface area contributed by atoms with Crippen LogP contribution in [0.1, 0.15) is 40.5 Å². The van der Waals surface area contributed by atoms with E-state index in [2.05, 4.69) is 6.92 Å². The standard InChI is InChI=1S/C12H26N2O2S.ClH/c1-10-5-6-14(11(7-10)8-13)17(15,16)9-12(2,3)4;/h10-11H,5-9,13H2,1-4H3;1H. The van der Waals surface area contributed by atoms with Crippen LogP contribution < -0.4 is 5.73 Å². The lowest BCUT2D eigenvalue weighted by Crippen LogP contribution is -2.51. The van der Waals surface area contributed by atoms with Crippen LogP contribution in [0.3, 0.4) is 0 Å². The fraction of sp³-hybridized carbons (Fsp3) is 1.00. The average Bonchev–Trinajstić information content (AvgIpc) is 2.13. The van der Waals surface area contributed by atoms with E-state index >= 15 is 0 Å². The Labute approximate surface area is 118 Å². The smallest absolute Gasteiger partial charge is 0.214 e. The molecule has 1 heterocycles. The van der Waals surface area contributed by atoms with Gasteiger partial charge in [-0.25, -0.2) is 8.42 Å². The van der Waals surface area contributed by atoms with E-state index in [0.717, 1.165) is 12.8 Å². The molecule has 1 aliphatic rings. The summed E-state index contributed by atoms with van der Waals surface area (Å²) >= 11 is 0. The Morgan fingerprint density at radius 2 is 1.89 bits per heavy atom. The molecular formula is C12H27ClN2O2S. The molecular weight excluding hydrogens is 272 g/mol. The monoisotopic (exact) mass is 298 g/mol. The summed E-state index contributed by atoms with van der Waals surface area (Å²) in [6, 6.07) is -0.00824. The molecule has 0 aliphatic carbocycles. The van der Waals surface area contributed by atoms with Crippen LogP contribution >= 0.6 is 12.4 Å². The summed E-state index contributed by atoms with van der Waals surface area (Å²) in [6.45, 7) is 9.07. The molecule has 0 spiro atoms. The Bertz CT molecular complexity index is 352. The highest BCUT2D eigenvalue weighted by molar-refractivity contribution is 7.89. The van der Waals surface area contributed by atoms with Gasteiger partial charge in [-0.05, 0) is 24.2 Å². The second kappa shape index (κ2) is 6.55.